The quantitative estimate of drug-likeness (QED) is 0.819. The molecule has 0 aliphatic rings. The lowest BCUT2D eigenvalue weighted by atomic mass is 10.1. The number of anilines is 1. The molecule has 6 heteroatoms. The van der Waals surface area contributed by atoms with Crippen LogP contribution in [0.5, 0.6) is 0 Å². The van der Waals surface area contributed by atoms with Gasteiger partial charge in [0.2, 0.25) is 0 Å². The van der Waals surface area contributed by atoms with E-state index >= 15 is 0 Å². The fraction of sp³-hybridized carbons (Fsp3) is 0.571. The van der Waals surface area contributed by atoms with Crippen molar-refractivity contribution >= 4 is 21.6 Å². The van der Waals surface area contributed by atoms with E-state index in [0.717, 1.165) is 16.6 Å². The molecule has 0 amide bonds. The smallest absolute Gasteiger partial charge is 0.360 e. The molecule has 20 heavy (non-hydrogen) atoms. The monoisotopic (exact) mass is 352 g/mol. The molecule has 114 valence electrons. The molecule has 1 aromatic rings. The third kappa shape index (κ3) is 5.32. The van der Waals surface area contributed by atoms with Crippen molar-refractivity contribution in [3.8, 4) is 0 Å². The van der Waals surface area contributed by atoms with Crippen LogP contribution in [0.3, 0.4) is 0 Å². The second kappa shape index (κ2) is 7.31. The highest BCUT2D eigenvalue weighted by atomic mass is 79.9. The Hall–Kier alpha value is -0.750. The molecule has 0 unspecified atom stereocenters. The Morgan fingerprint density at radius 2 is 1.95 bits per heavy atom. The number of nitrogens with one attached hydrogen (secondary N) is 1. The van der Waals surface area contributed by atoms with Gasteiger partial charge < -0.3 is 10.2 Å². The van der Waals surface area contributed by atoms with Crippen LogP contribution < -0.4 is 10.2 Å². The average molecular weight is 353 g/mol. The maximum atomic E-state index is 12.8. The largest absolute Gasteiger partial charge is 0.405 e. The lowest BCUT2D eigenvalue weighted by Gasteiger charge is -2.32. The summed E-state index contributed by atoms with van der Waals surface area (Å²) in [7, 11) is 0. The van der Waals surface area contributed by atoms with Crippen LogP contribution in [0.4, 0.5) is 18.9 Å². The van der Waals surface area contributed by atoms with Crippen molar-refractivity contribution in [3.05, 3.63) is 28.2 Å². The van der Waals surface area contributed by atoms with Gasteiger partial charge in [0.15, 0.2) is 0 Å². The van der Waals surface area contributed by atoms with Crippen LogP contribution in [0.15, 0.2) is 22.7 Å². The molecule has 0 saturated heterocycles. The molecule has 0 aliphatic carbocycles. The molecule has 0 fully saturated rings. The van der Waals surface area contributed by atoms with Crippen LogP contribution in [0.2, 0.25) is 0 Å². The number of alkyl halides is 3. The Labute approximate surface area is 126 Å². The molecule has 0 heterocycles. The predicted octanol–water partition coefficient (Wildman–Crippen LogP) is 4.34. The Bertz CT molecular complexity index is 433. The van der Waals surface area contributed by atoms with Gasteiger partial charge in [0, 0.05) is 22.7 Å². The van der Waals surface area contributed by atoms with E-state index in [4.69, 9.17) is 0 Å². The summed E-state index contributed by atoms with van der Waals surface area (Å²) in [6.45, 7) is 5.89. The van der Waals surface area contributed by atoms with E-state index in [1.807, 2.05) is 19.1 Å². The minimum atomic E-state index is -4.22. The second-order valence-corrected chi connectivity index (χ2v) is 5.81. The van der Waals surface area contributed by atoms with Crippen molar-refractivity contribution in [2.24, 2.45) is 0 Å². The minimum absolute atomic E-state index is 0.230. The standard InChI is InChI=1S/C14H20BrF3N2/c1-4-19-8-11-5-6-12(15)7-13(11)20(10(2)3)9-14(16,17)18/h5-7,10,19H,4,8-9H2,1-3H3. The molecule has 0 bridgehead atoms. The van der Waals surface area contributed by atoms with Crippen LogP contribution in [0.1, 0.15) is 26.3 Å². The number of hydrogen-bond donors (Lipinski definition) is 1. The summed E-state index contributed by atoms with van der Waals surface area (Å²) in [5, 5.41) is 3.16. The third-order valence-corrected chi connectivity index (χ3v) is 3.39. The van der Waals surface area contributed by atoms with Gasteiger partial charge in [-0.15, -0.1) is 0 Å². The van der Waals surface area contributed by atoms with E-state index in [-0.39, 0.29) is 6.04 Å². The van der Waals surface area contributed by atoms with Gasteiger partial charge in [0.25, 0.3) is 0 Å². The van der Waals surface area contributed by atoms with Crippen LogP contribution in [-0.4, -0.2) is 25.3 Å². The predicted molar refractivity (Wildman–Crippen MR) is 80.1 cm³/mol. The first-order valence-electron chi connectivity index (χ1n) is 6.57. The number of hydrogen-bond acceptors (Lipinski definition) is 2. The van der Waals surface area contributed by atoms with Gasteiger partial charge in [0.05, 0.1) is 0 Å². The molecule has 2 nitrogen and oxygen atoms in total. The molecule has 0 atom stereocenters. The Kier molecular flexibility index (Phi) is 6.33. The number of rotatable bonds is 6. The molecule has 1 rings (SSSR count). The zero-order valence-electron chi connectivity index (χ0n) is 11.9. The molecule has 0 radical (unpaired) electrons. The normalized spacial score (nSPS) is 12.0. The van der Waals surface area contributed by atoms with Crippen LogP contribution in [0, 0.1) is 0 Å². The summed E-state index contributed by atoms with van der Waals surface area (Å²) in [4.78, 5) is 1.39. The first-order chi connectivity index (χ1) is 9.24. The highest BCUT2D eigenvalue weighted by Gasteiger charge is 2.32. The fourth-order valence-corrected chi connectivity index (χ4v) is 2.30. The Morgan fingerprint density at radius 1 is 1.30 bits per heavy atom. The van der Waals surface area contributed by atoms with Gasteiger partial charge in [-0.2, -0.15) is 13.2 Å². The van der Waals surface area contributed by atoms with Crippen molar-refractivity contribution < 1.29 is 13.2 Å². The van der Waals surface area contributed by atoms with E-state index in [0.29, 0.717) is 12.2 Å². The first kappa shape index (κ1) is 17.3. The van der Waals surface area contributed by atoms with Gasteiger partial charge in [-0.3, -0.25) is 0 Å². The molecular formula is C14H20BrF3N2. The van der Waals surface area contributed by atoms with E-state index in [1.165, 1.54) is 4.90 Å². The maximum absolute atomic E-state index is 12.8. The second-order valence-electron chi connectivity index (χ2n) is 4.89. The highest BCUT2D eigenvalue weighted by Crippen LogP contribution is 2.30. The van der Waals surface area contributed by atoms with Crippen LogP contribution in [0.25, 0.3) is 0 Å². The third-order valence-electron chi connectivity index (χ3n) is 2.90. The van der Waals surface area contributed by atoms with E-state index in [2.05, 4.69) is 21.2 Å². The zero-order chi connectivity index (χ0) is 15.3. The van der Waals surface area contributed by atoms with E-state index in [9.17, 15) is 13.2 Å². The molecule has 0 aliphatic heterocycles. The summed E-state index contributed by atoms with van der Waals surface area (Å²) in [5.41, 5.74) is 1.49. The minimum Gasteiger partial charge on any atom is -0.360 e. The number of benzene rings is 1. The van der Waals surface area contributed by atoms with Crippen LogP contribution >= 0.6 is 15.9 Å². The fourth-order valence-electron chi connectivity index (χ4n) is 1.95. The highest BCUT2D eigenvalue weighted by molar-refractivity contribution is 9.10. The summed E-state index contributed by atoms with van der Waals surface area (Å²) in [6, 6.07) is 5.22. The average Bonchev–Trinajstić information content (AvgIpc) is 2.33. The van der Waals surface area contributed by atoms with Gasteiger partial charge >= 0.3 is 6.18 Å². The van der Waals surface area contributed by atoms with E-state index < -0.39 is 12.7 Å². The van der Waals surface area contributed by atoms with Gasteiger partial charge in [0.1, 0.15) is 6.54 Å². The lowest BCUT2D eigenvalue weighted by Crippen LogP contribution is -2.40. The first-order valence-corrected chi connectivity index (χ1v) is 7.36. The van der Waals surface area contributed by atoms with E-state index in [1.54, 1.807) is 19.9 Å². The van der Waals surface area contributed by atoms with Gasteiger partial charge in [-0.1, -0.05) is 28.9 Å². The summed E-state index contributed by atoms with van der Waals surface area (Å²) in [6.07, 6.45) is -4.22. The SMILES string of the molecule is CCNCc1ccc(Br)cc1N(CC(F)(F)F)C(C)C. The summed E-state index contributed by atoms with van der Waals surface area (Å²) >= 11 is 3.33. The Balaban J connectivity index is 3.13. The van der Waals surface area contributed by atoms with Crippen LogP contribution in [-0.2, 0) is 6.54 Å². The molecule has 1 N–H and O–H groups in total. The van der Waals surface area contributed by atoms with Crippen molar-refractivity contribution in [2.75, 3.05) is 18.0 Å². The van der Waals surface area contributed by atoms with Crippen molar-refractivity contribution in [2.45, 2.75) is 39.5 Å². The molecule has 0 spiro atoms. The molecular weight excluding hydrogens is 333 g/mol. The summed E-state index contributed by atoms with van der Waals surface area (Å²) < 4.78 is 39.1. The van der Waals surface area contributed by atoms with Crippen molar-refractivity contribution in [1.29, 1.82) is 0 Å². The van der Waals surface area contributed by atoms with Gasteiger partial charge in [-0.05, 0) is 38.1 Å². The molecule has 1 aromatic carbocycles. The molecule has 0 aromatic heterocycles. The van der Waals surface area contributed by atoms with Gasteiger partial charge in [-0.25, -0.2) is 0 Å². The lowest BCUT2D eigenvalue weighted by molar-refractivity contribution is -0.120. The zero-order valence-corrected chi connectivity index (χ0v) is 13.5. The topological polar surface area (TPSA) is 15.3 Å². The molecule has 0 saturated carbocycles. The Morgan fingerprint density at radius 3 is 2.45 bits per heavy atom. The number of halogens is 4. The maximum Gasteiger partial charge on any atom is 0.405 e. The summed E-state index contributed by atoms with van der Waals surface area (Å²) in [5.74, 6) is 0. The number of nitrogens with zero attached hydrogens (tertiary/aromatic N) is 1. The van der Waals surface area contributed by atoms with Crippen molar-refractivity contribution in [1.82, 2.24) is 5.32 Å². The van der Waals surface area contributed by atoms with Crippen molar-refractivity contribution in [3.63, 3.8) is 0 Å².